The van der Waals surface area contributed by atoms with Crippen molar-refractivity contribution in [3.05, 3.63) is 22.2 Å². The van der Waals surface area contributed by atoms with Crippen molar-refractivity contribution < 1.29 is 9.47 Å². The van der Waals surface area contributed by atoms with Gasteiger partial charge in [0, 0.05) is 22.5 Å². The smallest absolute Gasteiger partial charge is 0.184 e. The molecule has 1 aromatic rings. The molecule has 3 aliphatic rings. The van der Waals surface area contributed by atoms with E-state index in [4.69, 9.17) is 21.7 Å². The summed E-state index contributed by atoms with van der Waals surface area (Å²) in [6.07, 6.45) is 3.27. The minimum absolute atomic E-state index is 0.174. The van der Waals surface area contributed by atoms with Crippen molar-refractivity contribution in [2.45, 2.75) is 44.0 Å². The molecule has 2 atom stereocenters. The summed E-state index contributed by atoms with van der Waals surface area (Å²) in [5, 5.41) is 4.29. The van der Waals surface area contributed by atoms with E-state index in [1.165, 1.54) is 12.8 Å². The van der Waals surface area contributed by atoms with E-state index in [0.717, 1.165) is 33.1 Å². The number of rotatable bonds is 2. The number of methoxy groups -OCH3 is 1. The van der Waals surface area contributed by atoms with Gasteiger partial charge in [-0.2, -0.15) is 0 Å². The lowest BCUT2D eigenvalue weighted by atomic mass is 9.90. The topological polar surface area (TPSA) is 33.7 Å². The first kappa shape index (κ1) is 13.6. The van der Waals surface area contributed by atoms with Crippen LogP contribution in [-0.2, 0) is 0 Å². The van der Waals surface area contributed by atoms with Gasteiger partial charge >= 0.3 is 0 Å². The second kappa shape index (κ2) is 4.49. The molecular weight excluding hydrogens is 352 g/mol. The van der Waals surface area contributed by atoms with Crippen LogP contribution in [0.5, 0.6) is 11.5 Å². The molecule has 0 aromatic heterocycles. The van der Waals surface area contributed by atoms with Crippen LogP contribution < -0.4 is 14.8 Å². The lowest BCUT2D eigenvalue weighted by Crippen LogP contribution is -2.65. The number of hydrogen-bond acceptors (Lipinski definition) is 3. The SMILES string of the molecule is COc1cc(Br)cc2c1OC1(C)CC2NC(=S)N1C1CC1. The molecule has 4 rings (SSSR count). The molecule has 2 heterocycles. The van der Waals surface area contributed by atoms with Crippen LogP contribution in [0.15, 0.2) is 16.6 Å². The summed E-state index contributed by atoms with van der Waals surface area (Å²) in [5.74, 6) is 1.60. The minimum Gasteiger partial charge on any atom is -0.493 e. The fraction of sp³-hybridized carbons (Fsp3) is 0.533. The molecule has 2 bridgehead atoms. The van der Waals surface area contributed by atoms with Crippen molar-refractivity contribution in [2.24, 2.45) is 0 Å². The van der Waals surface area contributed by atoms with Gasteiger partial charge in [-0.05, 0) is 44.1 Å². The number of fused-ring (bicyclic) bond motifs is 4. The van der Waals surface area contributed by atoms with Gasteiger partial charge in [0.1, 0.15) is 0 Å². The van der Waals surface area contributed by atoms with Crippen LogP contribution in [-0.4, -0.2) is 28.9 Å². The van der Waals surface area contributed by atoms with Gasteiger partial charge in [-0.3, -0.25) is 0 Å². The molecule has 2 unspecified atom stereocenters. The third-order valence-electron chi connectivity index (χ3n) is 4.49. The molecule has 1 N–H and O–H groups in total. The lowest BCUT2D eigenvalue weighted by molar-refractivity contribution is -0.0735. The zero-order chi connectivity index (χ0) is 14.8. The molecule has 1 aliphatic carbocycles. The fourth-order valence-electron chi connectivity index (χ4n) is 3.45. The van der Waals surface area contributed by atoms with Crippen LogP contribution in [0.2, 0.25) is 0 Å². The molecule has 1 saturated heterocycles. The highest BCUT2D eigenvalue weighted by Crippen LogP contribution is 2.51. The quantitative estimate of drug-likeness (QED) is 0.809. The number of halogens is 1. The zero-order valence-corrected chi connectivity index (χ0v) is 14.4. The van der Waals surface area contributed by atoms with E-state index in [2.05, 4.69) is 39.1 Å². The first-order valence-corrected chi connectivity index (χ1v) is 8.38. The Labute approximate surface area is 137 Å². The van der Waals surface area contributed by atoms with Crippen LogP contribution in [0.1, 0.15) is 37.8 Å². The average molecular weight is 369 g/mol. The predicted octanol–water partition coefficient (Wildman–Crippen LogP) is 3.35. The van der Waals surface area contributed by atoms with Crippen molar-refractivity contribution in [1.82, 2.24) is 10.2 Å². The van der Waals surface area contributed by atoms with Crippen molar-refractivity contribution >= 4 is 33.3 Å². The predicted molar refractivity (Wildman–Crippen MR) is 87.7 cm³/mol. The molecule has 1 saturated carbocycles. The maximum absolute atomic E-state index is 6.40. The molecular formula is C15H17BrN2O2S. The van der Waals surface area contributed by atoms with Crippen LogP contribution >= 0.6 is 28.1 Å². The third kappa shape index (κ3) is 2.03. The number of thiocarbonyl (C=S) groups is 1. The average Bonchev–Trinajstić information content (AvgIpc) is 3.22. The first-order chi connectivity index (χ1) is 10.0. The Morgan fingerprint density at radius 3 is 2.90 bits per heavy atom. The maximum Gasteiger partial charge on any atom is 0.184 e. The van der Waals surface area contributed by atoms with Gasteiger partial charge in [-0.15, -0.1) is 0 Å². The molecule has 6 heteroatoms. The molecule has 2 aliphatic heterocycles. The van der Waals surface area contributed by atoms with E-state index >= 15 is 0 Å². The van der Waals surface area contributed by atoms with E-state index in [0.29, 0.717) is 6.04 Å². The standard InChI is InChI=1S/C15H17BrN2O2S/c1-15-7-11(17-14(21)18(15)9-3-4-9)10-5-8(16)6-12(19-2)13(10)20-15/h5-6,9,11H,3-4,7H2,1-2H3,(H,17,21). The molecule has 112 valence electrons. The molecule has 0 spiro atoms. The monoisotopic (exact) mass is 368 g/mol. The second-order valence-corrected chi connectivity index (χ2v) is 7.41. The summed E-state index contributed by atoms with van der Waals surface area (Å²) < 4.78 is 12.9. The highest BCUT2D eigenvalue weighted by Gasteiger charge is 2.52. The molecule has 2 fully saturated rings. The van der Waals surface area contributed by atoms with Crippen molar-refractivity contribution in [3.8, 4) is 11.5 Å². The normalized spacial score (nSPS) is 30.3. The lowest BCUT2D eigenvalue weighted by Gasteiger charge is -2.52. The molecule has 0 radical (unpaired) electrons. The summed E-state index contributed by atoms with van der Waals surface area (Å²) in [6, 6.07) is 4.72. The molecule has 0 amide bonds. The van der Waals surface area contributed by atoms with Gasteiger partial charge in [0.25, 0.3) is 0 Å². The van der Waals surface area contributed by atoms with Gasteiger partial charge in [0.2, 0.25) is 0 Å². The number of nitrogens with one attached hydrogen (secondary N) is 1. The number of benzene rings is 1. The summed E-state index contributed by atoms with van der Waals surface area (Å²) in [5.41, 5.74) is 0.721. The fourth-order valence-corrected chi connectivity index (χ4v) is 4.39. The van der Waals surface area contributed by atoms with Crippen LogP contribution in [0, 0.1) is 0 Å². The maximum atomic E-state index is 6.40. The van der Waals surface area contributed by atoms with E-state index in [1.54, 1.807) is 7.11 Å². The van der Waals surface area contributed by atoms with Gasteiger partial charge < -0.3 is 19.7 Å². The highest BCUT2D eigenvalue weighted by molar-refractivity contribution is 9.10. The van der Waals surface area contributed by atoms with E-state index in [-0.39, 0.29) is 11.8 Å². The Bertz CT molecular complexity index is 634. The third-order valence-corrected chi connectivity index (χ3v) is 5.26. The van der Waals surface area contributed by atoms with Crippen LogP contribution in [0.4, 0.5) is 0 Å². The Hall–Kier alpha value is -1.01. The Morgan fingerprint density at radius 2 is 2.24 bits per heavy atom. The van der Waals surface area contributed by atoms with Crippen LogP contribution in [0.25, 0.3) is 0 Å². The highest BCUT2D eigenvalue weighted by atomic mass is 79.9. The Morgan fingerprint density at radius 1 is 1.48 bits per heavy atom. The van der Waals surface area contributed by atoms with Gasteiger partial charge in [0.15, 0.2) is 22.3 Å². The Balaban J connectivity index is 1.83. The number of ether oxygens (including phenoxy) is 2. The first-order valence-electron chi connectivity index (χ1n) is 7.18. The molecule has 21 heavy (non-hydrogen) atoms. The largest absolute Gasteiger partial charge is 0.493 e. The summed E-state index contributed by atoms with van der Waals surface area (Å²) in [6.45, 7) is 2.13. The Kier molecular flexibility index (Phi) is 2.92. The summed E-state index contributed by atoms with van der Waals surface area (Å²) in [7, 11) is 1.68. The summed E-state index contributed by atoms with van der Waals surface area (Å²) >= 11 is 9.12. The van der Waals surface area contributed by atoms with Gasteiger partial charge in [-0.1, -0.05) is 15.9 Å². The molecule has 1 aromatic carbocycles. The van der Waals surface area contributed by atoms with E-state index in [1.807, 2.05) is 6.07 Å². The number of nitrogens with zero attached hydrogens (tertiary/aromatic N) is 1. The van der Waals surface area contributed by atoms with E-state index in [9.17, 15) is 0 Å². The van der Waals surface area contributed by atoms with Crippen LogP contribution in [0.3, 0.4) is 0 Å². The van der Waals surface area contributed by atoms with E-state index < -0.39 is 0 Å². The van der Waals surface area contributed by atoms with Crippen molar-refractivity contribution in [3.63, 3.8) is 0 Å². The molecule has 4 nitrogen and oxygen atoms in total. The van der Waals surface area contributed by atoms with Gasteiger partial charge in [0.05, 0.1) is 13.2 Å². The van der Waals surface area contributed by atoms with Crippen molar-refractivity contribution in [1.29, 1.82) is 0 Å². The zero-order valence-electron chi connectivity index (χ0n) is 12.0. The number of hydrogen-bond donors (Lipinski definition) is 1. The minimum atomic E-state index is -0.387. The van der Waals surface area contributed by atoms with Crippen molar-refractivity contribution in [2.75, 3.05) is 7.11 Å². The van der Waals surface area contributed by atoms with Gasteiger partial charge in [-0.25, -0.2) is 0 Å². The second-order valence-electron chi connectivity index (χ2n) is 6.11. The summed E-state index contributed by atoms with van der Waals surface area (Å²) in [4.78, 5) is 2.24.